The van der Waals surface area contributed by atoms with Crippen LogP contribution in [0.15, 0.2) is 47.1 Å². The summed E-state index contributed by atoms with van der Waals surface area (Å²) in [7, 11) is 0. The number of aryl methyl sites for hydroxylation is 1. The van der Waals surface area contributed by atoms with E-state index in [4.69, 9.17) is 0 Å². The molecule has 0 aliphatic rings. The number of halogens is 4. The molecule has 0 saturated carbocycles. The van der Waals surface area contributed by atoms with Crippen LogP contribution in [-0.2, 0) is 23.9 Å². The van der Waals surface area contributed by atoms with Gasteiger partial charge in [0.2, 0.25) is 11.7 Å². The van der Waals surface area contributed by atoms with Gasteiger partial charge in [-0.2, -0.15) is 23.3 Å². The summed E-state index contributed by atoms with van der Waals surface area (Å²) in [6.07, 6.45) is -3.64. The first-order valence-corrected chi connectivity index (χ1v) is 9.49. The van der Waals surface area contributed by atoms with Gasteiger partial charge in [0.1, 0.15) is 11.6 Å². The predicted octanol–water partition coefficient (Wildman–Crippen LogP) is 3.49. The number of alkyl halides is 3. The van der Waals surface area contributed by atoms with Crippen molar-refractivity contribution in [1.82, 2.24) is 30.3 Å². The molecule has 1 amide bonds. The number of hydrogen-bond acceptors (Lipinski definition) is 7. The van der Waals surface area contributed by atoms with Crippen LogP contribution < -0.4 is 4.90 Å². The molecular weight excluding hydrogens is 446 g/mol. The van der Waals surface area contributed by atoms with Crippen LogP contribution in [0.2, 0.25) is 0 Å². The standard InChI is InChI=1S/C20H15F4N7O2/c1-11-26-16(29-28-11)8-17(32)31(15-4-2-3-13(21)7-15)10-14-6-5-12(9-25-14)18-27-19(33-30-18)20(22,23)24/h2-7,9H,8,10H2,1H3,(H,26,28,29). The Bertz CT molecular complexity index is 1270. The maximum atomic E-state index is 13.8. The number of aromatic nitrogens is 6. The number of amides is 1. The van der Waals surface area contributed by atoms with Gasteiger partial charge in [-0.15, -0.1) is 0 Å². The number of pyridine rings is 1. The van der Waals surface area contributed by atoms with Gasteiger partial charge in [-0.25, -0.2) is 9.37 Å². The van der Waals surface area contributed by atoms with E-state index in [0.29, 0.717) is 17.2 Å². The third kappa shape index (κ3) is 5.19. The maximum Gasteiger partial charge on any atom is 0.471 e. The van der Waals surface area contributed by atoms with Crippen LogP contribution in [0.4, 0.5) is 23.2 Å². The van der Waals surface area contributed by atoms with E-state index >= 15 is 0 Å². The summed E-state index contributed by atoms with van der Waals surface area (Å²) in [6, 6.07) is 8.42. The number of nitrogens with one attached hydrogen (secondary N) is 1. The highest BCUT2D eigenvalue weighted by Crippen LogP contribution is 2.29. The number of H-pyrrole nitrogens is 1. The summed E-state index contributed by atoms with van der Waals surface area (Å²) in [5.41, 5.74) is 0.881. The minimum Gasteiger partial charge on any atom is -0.329 e. The molecule has 1 aromatic carbocycles. The number of hydrogen-bond donors (Lipinski definition) is 1. The molecule has 3 heterocycles. The summed E-state index contributed by atoms with van der Waals surface area (Å²) in [5.74, 6) is -1.85. The highest BCUT2D eigenvalue weighted by Gasteiger charge is 2.38. The molecular formula is C20H15F4N7O2. The lowest BCUT2D eigenvalue weighted by Gasteiger charge is -2.22. The van der Waals surface area contributed by atoms with E-state index in [0.717, 1.165) is 0 Å². The van der Waals surface area contributed by atoms with Crippen molar-refractivity contribution in [3.05, 3.63) is 71.6 Å². The molecule has 4 rings (SSSR count). The van der Waals surface area contributed by atoms with Crippen LogP contribution in [0, 0.1) is 12.7 Å². The van der Waals surface area contributed by atoms with Crippen LogP contribution in [-0.4, -0.2) is 36.2 Å². The molecule has 33 heavy (non-hydrogen) atoms. The summed E-state index contributed by atoms with van der Waals surface area (Å²) in [5, 5.41) is 9.90. The van der Waals surface area contributed by atoms with Crippen LogP contribution in [0.1, 0.15) is 23.2 Å². The van der Waals surface area contributed by atoms with Crippen molar-refractivity contribution in [2.75, 3.05) is 4.90 Å². The van der Waals surface area contributed by atoms with E-state index < -0.39 is 23.8 Å². The second-order valence-electron chi connectivity index (χ2n) is 6.93. The third-order valence-corrected chi connectivity index (χ3v) is 4.45. The fourth-order valence-corrected chi connectivity index (χ4v) is 2.93. The first-order chi connectivity index (χ1) is 15.7. The Morgan fingerprint density at radius 3 is 2.61 bits per heavy atom. The van der Waals surface area contributed by atoms with E-state index in [-0.39, 0.29) is 30.2 Å². The number of anilines is 1. The molecule has 0 atom stereocenters. The minimum absolute atomic E-state index is 0.0357. The molecule has 0 aliphatic carbocycles. The van der Waals surface area contributed by atoms with Gasteiger partial charge in [-0.05, 0) is 37.3 Å². The average Bonchev–Trinajstić information content (AvgIpc) is 3.42. The summed E-state index contributed by atoms with van der Waals surface area (Å²) in [4.78, 5) is 25.9. The summed E-state index contributed by atoms with van der Waals surface area (Å²) >= 11 is 0. The molecule has 1 N–H and O–H groups in total. The van der Waals surface area contributed by atoms with Crippen molar-refractivity contribution >= 4 is 11.6 Å². The van der Waals surface area contributed by atoms with E-state index in [1.54, 1.807) is 13.0 Å². The molecule has 9 nitrogen and oxygen atoms in total. The van der Waals surface area contributed by atoms with Gasteiger partial charge in [0.15, 0.2) is 5.82 Å². The van der Waals surface area contributed by atoms with Crippen molar-refractivity contribution in [3.63, 3.8) is 0 Å². The second kappa shape index (κ2) is 8.76. The number of carbonyl (C=O) groups excluding carboxylic acids is 1. The molecule has 0 fully saturated rings. The Kier molecular flexibility index (Phi) is 5.85. The summed E-state index contributed by atoms with van der Waals surface area (Å²) < 4.78 is 56.0. The molecule has 0 bridgehead atoms. The fourth-order valence-electron chi connectivity index (χ4n) is 2.93. The van der Waals surface area contributed by atoms with Crippen molar-refractivity contribution < 1.29 is 26.9 Å². The van der Waals surface area contributed by atoms with Crippen LogP contribution in [0.3, 0.4) is 0 Å². The van der Waals surface area contributed by atoms with Crippen LogP contribution >= 0.6 is 0 Å². The van der Waals surface area contributed by atoms with E-state index in [1.807, 2.05) is 0 Å². The van der Waals surface area contributed by atoms with Crippen molar-refractivity contribution in [1.29, 1.82) is 0 Å². The first kappa shape index (κ1) is 22.0. The van der Waals surface area contributed by atoms with Gasteiger partial charge in [0.05, 0.1) is 18.7 Å². The number of benzene rings is 1. The lowest BCUT2D eigenvalue weighted by Crippen LogP contribution is -2.32. The number of carbonyl (C=O) groups is 1. The monoisotopic (exact) mass is 461 g/mol. The molecule has 3 aromatic heterocycles. The number of aromatic amines is 1. The van der Waals surface area contributed by atoms with Crippen LogP contribution in [0.25, 0.3) is 11.4 Å². The zero-order chi connectivity index (χ0) is 23.6. The van der Waals surface area contributed by atoms with Crippen molar-refractivity contribution in [3.8, 4) is 11.4 Å². The minimum atomic E-state index is -4.76. The Morgan fingerprint density at radius 1 is 1.18 bits per heavy atom. The second-order valence-corrected chi connectivity index (χ2v) is 6.93. The number of rotatable bonds is 6. The molecule has 0 saturated heterocycles. The quantitative estimate of drug-likeness (QED) is 0.437. The first-order valence-electron chi connectivity index (χ1n) is 9.49. The molecule has 170 valence electrons. The Hall–Kier alpha value is -4.16. The molecule has 4 aromatic rings. The molecule has 0 unspecified atom stereocenters. The van der Waals surface area contributed by atoms with Gasteiger partial charge in [-0.1, -0.05) is 11.2 Å². The van der Waals surface area contributed by atoms with Gasteiger partial charge in [-0.3, -0.25) is 14.9 Å². The van der Waals surface area contributed by atoms with Crippen LogP contribution in [0.5, 0.6) is 0 Å². The highest BCUT2D eigenvalue weighted by molar-refractivity contribution is 5.94. The third-order valence-electron chi connectivity index (χ3n) is 4.45. The van der Waals surface area contributed by atoms with Gasteiger partial charge >= 0.3 is 12.1 Å². The topological polar surface area (TPSA) is 114 Å². The number of nitrogens with zero attached hydrogens (tertiary/aromatic N) is 6. The largest absolute Gasteiger partial charge is 0.471 e. The van der Waals surface area contributed by atoms with E-state index in [2.05, 4.69) is 34.8 Å². The smallest absolute Gasteiger partial charge is 0.329 e. The van der Waals surface area contributed by atoms with Gasteiger partial charge in [0, 0.05) is 17.4 Å². The normalized spacial score (nSPS) is 11.5. The Balaban J connectivity index is 1.56. The zero-order valence-electron chi connectivity index (χ0n) is 17.0. The lowest BCUT2D eigenvalue weighted by atomic mass is 10.2. The molecule has 0 radical (unpaired) electrons. The molecule has 0 aliphatic heterocycles. The zero-order valence-corrected chi connectivity index (χ0v) is 17.0. The molecule has 13 heteroatoms. The Morgan fingerprint density at radius 2 is 2.00 bits per heavy atom. The summed E-state index contributed by atoms with van der Waals surface area (Å²) in [6.45, 7) is 1.66. The van der Waals surface area contributed by atoms with Crippen molar-refractivity contribution in [2.45, 2.75) is 26.1 Å². The van der Waals surface area contributed by atoms with Gasteiger partial charge in [0.25, 0.3) is 0 Å². The fraction of sp³-hybridized carbons (Fsp3) is 0.200. The van der Waals surface area contributed by atoms with Crippen molar-refractivity contribution in [2.24, 2.45) is 0 Å². The van der Waals surface area contributed by atoms with E-state index in [9.17, 15) is 22.4 Å². The highest BCUT2D eigenvalue weighted by atomic mass is 19.4. The predicted molar refractivity (Wildman–Crippen MR) is 105 cm³/mol. The SMILES string of the molecule is Cc1nc(CC(=O)N(Cc2ccc(-c3noc(C(F)(F)F)n3)cn2)c2cccc(F)c2)n[nH]1. The lowest BCUT2D eigenvalue weighted by molar-refractivity contribution is -0.159. The average molecular weight is 461 g/mol. The Labute approximate surface area is 183 Å². The van der Waals surface area contributed by atoms with Gasteiger partial charge < -0.3 is 9.42 Å². The molecule has 0 spiro atoms. The van der Waals surface area contributed by atoms with E-state index in [1.165, 1.54) is 41.4 Å². The maximum absolute atomic E-state index is 13.8.